The maximum atomic E-state index is 5.22. The van der Waals surface area contributed by atoms with E-state index in [1.165, 1.54) is 0 Å². The molecule has 0 aliphatic carbocycles. The Morgan fingerprint density at radius 1 is 0.833 bits per heavy atom. The number of furan rings is 1. The third-order valence-electron chi connectivity index (χ3n) is 1.58. The van der Waals surface area contributed by atoms with Gasteiger partial charge in [-0.3, -0.25) is 0 Å². The minimum absolute atomic E-state index is 0. The Morgan fingerprint density at radius 2 is 1.58 bits per heavy atom. The van der Waals surface area contributed by atoms with Gasteiger partial charge in [0.1, 0.15) is 5.76 Å². The molecule has 2 heteroatoms. The molecule has 0 amide bonds. The van der Waals surface area contributed by atoms with Crippen LogP contribution in [0.15, 0.2) is 53.1 Å². The van der Waals surface area contributed by atoms with Crippen molar-refractivity contribution in [2.75, 3.05) is 0 Å². The van der Waals surface area contributed by atoms with Gasteiger partial charge in [-0.1, -0.05) is 30.3 Å². The monoisotopic (exact) mass is 152 g/mol. The zero-order chi connectivity index (χ0) is 7.52. The van der Waals surface area contributed by atoms with Gasteiger partial charge >= 0.3 is 18.9 Å². The standard InChI is InChI=1S/C10H8O.Li.H/c1-2-5-9(6-3-1)10-7-4-8-11-10;;/h1-8H;;. The zero-order valence-corrected chi connectivity index (χ0v) is 6.03. The van der Waals surface area contributed by atoms with Crippen molar-refractivity contribution < 1.29 is 4.42 Å². The molecular formula is C10H9LiO. The van der Waals surface area contributed by atoms with Gasteiger partial charge in [0, 0.05) is 5.56 Å². The van der Waals surface area contributed by atoms with Crippen LogP contribution in [0.2, 0.25) is 0 Å². The van der Waals surface area contributed by atoms with Gasteiger partial charge in [-0.2, -0.15) is 0 Å². The molecule has 2 rings (SSSR count). The molecule has 1 nitrogen and oxygen atoms in total. The first-order valence-corrected chi connectivity index (χ1v) is 3.56. The second-order valence-electron chi connectivity index (χ2n) is 2.34. The van der Waals surface area contributed by atoms with E-state index < -0.39 is 0 Å². The third-order valence-corrected chi connectivity index (χ3v) is 1.58. The predicted molar refractivity (Wildman–Crippen MR) is 51.3 cm³/mol. The molecule has 0 atom stereocenters. The molecule has 0 aliphatic heterocycles. The van der Waals surface area contributed by atoms with E-state index in [0.29, 0.717) is 0 Å². The van der Waals surface area contributed by atoms with Gasteiger partial charge in [0.05, 0.1) is 6.26 Å². The number of hydrogen-bond donors (Lipinski definition) is 0. The molecule has 0 unspecified atom stereocenters. The molecule has 0 radical (unpaired) electrons. The van der Waals surface area contributed by atoms with Gasteiger partial charge < -0.3 is 4.42 Å². The van der Waals surface area contributed by atoms with Crippen LogP contribution in [-0.2, 0) is 0 Å². The molecule has 1 aromatic heterocycles. The van der Waals surface area contributed by atoms with Crippen molar-refractivity contribution in [1.82, 2.24) is 0 Å². The van der Waals surface area contributed by atoms with Gasteiger partial charge in [0.2, 0.25) is 0 Å². The molecule has 0 fully saturated rings. The third kappa shape index (κ3) is 1.82. The summed E-state index contributed by atoms with van der Waals surface area (Å²) in [5.41, 5.74) is 1.12. The molecule has 0 saturated carbocycles. The Labute approximate surface area is 83.6 Å². The second kappa shape index (κ2) is 4.21. The average molecular weight is 152 g/mol. The van der Waals surface area contributed by atoms with E-state index >= 15 is 0 Å². The van der Waals surface area contributed by atoms with Crippen LogP contribution >= 0.6 is 0 Å². The molecule has 1 heterocycles. The quantitative estimate of drug-likeness (QED) is 0.571. The largest absolute Gasteiger partial charge is 0.464 e. The molecule has 1 aromatic carbocycles. The Morgan fingerprint density at radius 3 is 2.17 bits per heavy atom. The van der Waals surface area contributed by atoms with E-state index in [4.69, 9.17) is 4.42 Å². The Hall–Kier alpha value is -0.903. The fraction of sp³-hybridized carbons (Fsp3) is 0. The number of hydrogen-bond acceptors (Lipinski definition) is 1. The molecule has 0 aliphatic rings. The first kappa shape index (κ1) is 9.19. The summed E-state index contributed by atoms with van der Waals surface area (Å²) < 4.78 is 5.22. The van der Waals surface area contributed by atoms with Gasteiger partial charge in [0.15, 0.2) is 0 Å². The summed E-state index contributed by atoms with van der Waals surface area (Å²) in [5.74, 6) is 0.922. The SMILES string of the molecule is [LiH].c1ccc(-c2ccco2)cc1. The Balaban J connectivity index is 0.000000720. The predicted octanol–water partition coefficient (Wildman–Crippen LogP) is 2.30. The molecule has 2 aromatic rings. The van der Waals surface area contributed by atoms with Gasteiger partial charge in [-0.05, 0) is 12.1 Å². The van der Waals surface area contributed by atoms with Gasteiger partial charge in [0.25, 0.3) is 0 Å². The summed E-state index contributed by atoms with van der Waals surface area (Å²) >= 11 is 0. The van der Waals surface area contributed by atoms with Crippen LogP contribution in [0.4, 0.5) is 0 Å². The van der Waals surface area contributed by atoms with Crippen molar-refractivity contribution in [1.29, 1.82) is 0 Å². The molecule has 0 N–H and O–H groups in total. The molecule has 0 spiro atoms. The minimum atomic E-state index is 0. The average Bonchev–Trinajstić information content (AvgIpc) is 2.58. The first-order valence-electron chi connectivity index (χ1n) is 3.56. The van der Waals surface area contributed by atoms with Crippen LogP contribution in [0.25, 0.3) is 11.3 Å². The van der Waals surface area contributed by atoms with Crippen molar-refractivity contribution in [2.24, 2.45) is 0 Å². The Kier molecular flexibility index (Phi) is 3.22. The smallest absolute Gasteiger partial charge is 0.133 e. The fourth-order valence-corrected chi connectivity index (χ4v) is 1.05. The van der Waals surface area contributed by atoms with Crippen molar-refractivity contribution in [2.45, 2.75) is 0 Å². The van der Waals surface area contributed by atoms with Crippen LogP contribution in [0.1, 0.15) is 0 Å². The van der Waals surface area contributed by atoms with Crippen LogP contribution in [0.5, 0.6) is 0 Å². The first-order chi connectivity index (χ1) is 5.47. The van der Waals surface area contributed by atoms with Crippen LogP contribution < -0.4 is 0 Å². The summed E-state index contributed by atoms with van der Waals surface area (Å²) in [5, 5.41) is 0. The Bertz CT molecular complexity index is 313. The van der Waals surface area contributed by atoms with Gasteiger partial charge in [-0.15, -0.1) is 0 Å². The van der Waals surface area contributed by atoms with E-state index in [1.54, 1.807) is 6.26 Å². The summed E-state index contributed by atoms with van der Waals surface area (Å²) in [6.07, 6.45) is 1.68. The maximum absolute atomic E-state index is 5.22. The molecule has 56 valence electrons. The molecule has 12 heavy (non-hydrogen) atoms. The van der Waals surface area contributed by atoms with Crippen LogP contribution in [0.3, 0.4) is 0 Å². The van der Waals surface area contributed by atoms with Crippen LogP contribution in [-0.4, -0.2) is 18.9 Å². The van der Waals surface area contributed by atoms with Gasteiger partial charge in [-0.25, -0.2) is 0 Å². The van der Waals surface area contributed by atoms with Crippen molar-refractivity contribution in [3.63, 3.8) is 0 Å². The summed E-state index contributed by atoms with van der Waals surface area (Å²) in [6.45, 7) is 0. The van der Waals surface area contributed by atoms with E-state index in [-0.39, 0.29) is 18.9 Å². The summed E-state index contributed by atoms with van der Waals surface area (Å²) in [4.78, 5) is 0. The summed E-state index contributed by atoms with van der Waals surface area (Å²) in [7, 11) is 0. The zero-order valence-electron chi connectivity index (χ0n) is 6.03. The van der Waals surface area contributed by atoms with E-state index in [2.05, 4.69) is 0 Å². The molecular weight excluding hydrogens is 143 g/mol. The second-order valence-corrected chi connectivity index (χ2v) is 2.34. The normalized spacial score (nSPS) is 9.00. The summed E-state index contributed by atoms with van der Waals surface area (Å²) in [6, 6.07) is 13.9. The van der Waals surface area contributed by atoms with E-state index in [1.807, 2.05) is 42.5 Å². The van der Waals surface area contributed by atoms with E-state index in [9.17, 15) is 0 Å². The van der Waals surface area contributed by atoms with Crippen molar-refractivity contribution >= 4 is 18.9 Å². The van der Waals surface area contributed by atoms with Crippen molar-refractivity contribution in [3.05, 3.63) is 48.7 Å². The minimum Gasteiger partial charge on any atom is -0.464 e. The molecule has 0 saturated heterocycles. The fourth-order valence-electron chi connectivity index (χ4n) is 1.05. The molecule has 0 bridgehead atoms. The number of benzene rings is 1. The van der Waals surface area contributed by atoms with Crippen LogP contribution in [0, 0.1) is 0 Å². The van der Waals surface area contributed by atoms with E-state index in [0.717, 1.165) is 11.3 Å². The number of rotatable bonds is 1. The van der Waals surface area contributed by atoms with Crippen molar-refractivity contribution in [3.8, 4) is 11.3 Å². The topological polar surface area (TPSA) is 13.1 Å². The maximum Gasteiger partial charge on any atom is 0.133 e.